The van der Waals surface area contributed by atoms with Gasteiger partial charge in [0.15, 0.2) is 5.76 Å². The minimum absolute atomic E-state index is 0.638. The van der Waals surface area contributed by atoms with Gasteiger partial charge in [0.1, 0.15) is 5.69 Å². The van der Waals surface area contributed by atoms with Gasteiger partial charge in [-0.1, -0.05) is 23.7 Å². The molecule has 3 aromatic heterocycles. The maximum absolute atomic E-state index is 5.59. The Morgan fingerprint density at radius 1 is 1.16 bits per heavy atom. The Hall–Kier alpha value is -1.98. The fraction of sp³-hybridized carbons (Fsp3) is 0.400. The Bertz CT molecular complexity index is 769. The van der Waals surface area contributed by atoms with Crippen LogP contribution in [0.4, 0.5) is 0 Å². The second-order valence-electron chi connectivity index (χ2n) is 6.63. The molecule has 5 heteroatoms. The van der Waals surface area contributed by atoms with Crippen LogP contribution in [0.15, 0.2) is 52.5 Å². The smallest absolute Gasteiger partial charge is 0.151 e. The van der Waals surface area contributed by atoms with Crippen molar-refractivity contribution in [2.24, 2.45) is 0 Å². The van der Waals surface area contributed by atoms with Crippen molar-refractivity contribution in [2.45, 2.75) is 44.7 Å². The molecule has 0 radical (unpaired) electrons. The van der Waals surface area contributed by atoms with Crippen molar-refractivity contribution in [3.8, 4) is 11.4 Å². The molecular formula is C20H23N3OS. The molecule has 1 aliphatic heterocycles. The summed E-state index contributed by atoms with van der Waals surface area (Å²) in [5, 5.41) is 6.37. The van der Waals surface area contributed by atoms with Gasteiger partial charge in [0.25, 0.3) is 0 Å². The molecule has 0 amide bonds. The van der Waals surface area contributed by atoms with Crippen LogP contribution >= 0.6 is 11.3 Å². The first-order chi connectivity index (χ1) is 12.4. The van der Waals surface area contributed by atoms with E-state index in [1.54, 1.807) is 6.20 Å². The van der Waals surface area contributed by atoms with E-state index in [1.807, 2.05) is 35.6 Å². The highest BCUT2D eigenvalue weighted by atomic mass is 32.1. The predicted molar refractivity (Wildman–Crippen MR) is 100 cm³/mol. The third-order valence-electron chi connectivity index (χ3n) is 4.90. The Balaban J connectivity index is 1.40. The molecule has 1 fully saturated rings. The molecule has 130 valence electrons. The molecule has 4 nitrogen and oxygen atoms in total. The SMILES string of the molecule is c1ccc(-c2cc(CN3CCCC[C@@H]3CCc3cccs3)on2)nc1. The van der Waals surface area contributed by atoms with Gasteiger partial charge in [0, 0.05) is 23.2 Å². The van der Waals surface area contributed by atoms with Crippen LogP contribution in [0.2, 0.25) is 0 Å². The summed E-state index contributed by atoms with van der Waals surface area (Å²) < 4.78 is 5.59. The summed E-state index contributed by atoms with van der Waals surface area (Å²) in [5.74, 6) is 0.934. The molecule has 0 N–H and O–H groups in total. The number of aryl methyl sites for hydroxylation is 1. The topological polar surface area (TPSA) is 42.2 Å². The Kier molecular flexibility index (Phi) is 5.23. The van der Waals surface area contributed by atoms with E-state index in [4.69, 9.17) is 4.52 Å². The number of nitrogens with zero attached hydrogens (tertiary/aromatic N) is 3. The van der Waals surface area contributed by atoms with Gasteiger partial charge in [-0.05, 0) is 55.8 Å². The van der Waals surface area contributed by atoms with E-state index in [0.717, 1.165) is 30.2 Å². The van der Waals surface area contributed by atoms with Gasteiger partial charge in [0.05, 0.1) is 12.2 Å². The van der Waals surface area contributed by atoms with E-state index < -0.39 is 0 Å². The minimum Gasteiger partial charge on any atom is -0.359 e. The van der Waals surface area contributed by atoms with Crippen LogP contribution in [0.5, 0.6) is 0 Å². The summed E-state index contributed by atoms with van der Waals surface area (Å²) in [4.78, 5) is 8.40. The molecular weight excluding hydrogens is 330 g/mol. The van der Waals surface area contributed by atoms with Crippen molar-refractivity contribution in [3.05, 3.63) is 58.6 Å². The summed E-state index contributed by atoms with van der Waals surface area (Å²) in [6, 6.07) is 12.9. The first-order valence-corrected chi connectivity index (χ1v) is 9.90. The largest absolute Gasteiger partial charge is 0.359 e. The van der Waals surface area contributed by atoms with Crippen molar-refractivity contribution < 1.29 is 4.52 Å². The molecule has 0 saturated carbocycles. The normalized spacial score (nSPS) is 18.5. The van der Waals surface area contributed by atoms with Crippen LogP contribution < -0.4 is 0 Å². The number of hydrogen-bond acceptors (Lipinski definition) is 5. The summed E-state index contributed by atoms with van der Waals surface area (Å²) >= 11 is 1.86. The Morgan fingerprint density at radius 3 is 3.00 bits per heavy atom. The van der Waals surface area contributed by atoms with Gasteiger partial charge >= 0.3 is 0 Å². The lowest BCUT2D eigenvalue weighted by Gasteiger charge is -2.35. The highest BCUT2D eigenvalue weighted by Gasteiger charge is 2.23. The maximum Gasteiger partial charge on any atom is 0.151 e. The number of hydrogen-bond donors (Lipinski definition) is 0. The van der Waals surface area contributed by atoms with Crippen LogP contribution in [0.1, 0.15) is 36.3 Å². The number of rotatable bonds is 6. The number of thiophene rings is 1. The van der Waals surface area contributed by atoms with E-state index in [2.05, 4.69) is 32.6 Å². The molecule has 4 rings (SSSR count). The summed E-state index contributed by atoms with van der Waals surface area (Å²) in [6.45, 7) is 1.99. The lowest BCUT2D eigenvalue weighted by molar-refractivity contribution is 0.119. The van der Waals surface area contributed by atoms with E-state index in [-0.39, 0.29) is 0 Å². The zero-order valence-electron chi connectivity index (χ0n) is 14.3. The highest BCUT2D eigenvalue weighted by Crippen LogP contribution is 2.25. The molecule has 1 saturated heterocycles. The predicted octanol–water partition coefficient (Wildman–Crippen LogP) is 4.79. The Morgan fingerprint density at radius 2 is 2.16 bits per heavy atom. The lowest BCUT2D eigenvalue weighted by atomic mass is 9.97. The third-order valence-corrected chi connectivity index (χ3v) is 5.83. The second-order valence-corrected chi connectivity index (χ2v) is 7.66. The van der Waals surface area contributed by atoms with Gasteiger partial charge in [-0.25, -0.2) is 0 Å². The van der Waals surface area contributed by atoms with Gasteiger partial charge in [-0.15, -0.1) is 11.3 Å². The van der Waals surface area contributed by atoms with Crippen LogP contribution in [0, 0.1) is 0 Å². The molecule has 0 bridgehead atoms. The van der Waals surface area contributed by atoms with Gasteiger partial charge in [-0.2, -0.15) is 0 Å². The van der Waals surface area contributed by atoms with Crippen LogP contribution in [-0.4, -0.2) is 27.6 Å². The van der Waals surface area contributed by atoms with Crippen LogP contribution in [-0.2, 0) is 13.0 Å². The van der Waals surface area contributed by atoms with Crippen molar-refractivity contribution >= 4 is 11.3 Å². The number of likely N-dealkylation sites (tertiary alicyclic amines) is 1. The monoisotopic (exact) mass is 353 g/mol. The first-order valence-electron chi connectivity index (χ1n) is 9.02. The summed E-state index contributed by atoms with van der Waals surface area (Å²) in [7, 11) is 0. The van der Waals surface area contributed by atoms with Crippen molar-refractivity contribution in [1.29, 1.82) is 0 Å². The molecule has 0 aliphatic carbocycles. The van der Waals surface area contributed by atoms with Crippen molar-refractivity contribution in [2.75, 3.05) is 6.54 Å². The van der Waals surface area contributed by atoms with Crippen molar-refractivity contribution in [3.63, 3.8) is 0 Å². The van der Waals surface area contributed by atoms with Gasteiger partial charge in [0.2, 0.25) is 0 Å². The number of pyridine rings is 1. The third kappa shape index (κ3) is 4.17. The van der Waals surface area contributed by atoms with Gasteiger partial charge < -0.3 is 4.52 Å². The minimum atomic E-state index is 0.638. The summed E-state index contributed by atoms with van der Waals surface area (Å²) in [6.07, 6.45) is 8.08. The molecule has 3 aromatic rings. The first kappa shape index (κ1) is 16.5. The number of aromatic nitrogens is 2. The molecule has 0 unspecified atom stereocenters. The van der Waals surface area contributed by atoms with Crippen LogP contribution in [0.25, 0.3) is 11.4 Å². The average molecular weight is 353 g/mol. The van der Waals surface area contributed by atoms with Crippen molar-refractivity contribution in [1.82, 2.24) is 15.0 Å². The zero-order chi connectivity index (χ0) is 16.9. The zero-order valence-corrected chi connectivity index (χ0v) is 15.1. The van der Waals surface area contributed by atoms with E-state index in [0.29, 0.717) is 6.04 Å². The van der Waals surface area contributed by atoms with Crippen LogP contribution in [0.3, 0.4) is 0 Å². The van der Waals surface area contributed by atoms with E-state index >= 15 is 0 Å². The fourth-order valence-corrected chi connectivity index (χ4v) is 4.31. The standard InChI is InChI=1S/C20H23N3OS/c1-3-11-21-19(8-1)20-14-17(24-22-20)15-23-12-4-2-6-16(23)9-10-18-7-5-13-25-18/h1,3,5,7-8,11,13-14,16H,2,4,6,9-10,12,15H2/t16-/m1/s1. The number of piperidine rings is 1. The molecule has 1 atom stereocenters. The molecule has 0 aromatic carbocycles. The molecule has 4 heterocycles. The lowest BCUT2D eigenvalue weighted by Crippen LogP contribution is -2.39. The fourth-order valence-electron chi connectivity index (χ4n) is 3.58. The summed E-state index contributed by atoms with van der Waals surface area (Å²) in [5.41, 5.74) is 1.69. The quantitative estimate of drug-likeness (QED) is 0.639. The van der Waals surface area contributed by atoms with E-state index in [1.165, 1.54) is 37.0 Å². The highest BCUT2D eigenvalue weighted by molar-refractivity contribution is 7.09. The maximum atomic E-state index is 5.59. The second kappa shape index (κ2) is 7.93. The molecule has 25 heavy (non-hydrogen) atoms. The van der Waals surface area contributed by atoms with Gasteiger partial charge in [-0.3, -0.25) is 9.88 Å². The molecule has 0 spiro atoms. The Labute approximate surface area is 152 Å². The average Bonchev–Trinajstić information content (AvgIpc) is 3.34. The van der Waals surface area contributed by atoms with E-state index in [9.17, 15) is 0 Å². The molecule has 1 aliphatic rings.